The van der Waals surface area contributed by atoms with Gasteiger partial charge in [-0.25, -0.2) is 0 Å². The molecule has 1 aliphatic rings. The van der Waals surface area contributed by atoms with Crippen LogP contribution in [0.15, 0.2) is 17.5 Å². The molecule has 0 radical (unpaired) electrons. The van der Waals surface area contributed by atoms with Gasteiger partial charge in [-0.3, -0.25) is 10.6 Å². The third-order valence-corrected chi connectivity index (χ3v) is 2.59. The summed E-state index contributed by atoms with van der Waals surface area (Å²) in [5.41, 5.74) is 0. The summed E-state index contributed by atoms with van der Waals surface area (Å²) in [7, 11) is 0. The van der Waals surface area contributed by atoms with E-state index in [4.69, 9.17) is 0 Å². The molecule has 1 fully saturated rings. The van der Waals surface area contributed by atoms with Crippen molar-refractivity contribution in [3.05, 3.63) is 22.4 Å². The summed E-state index contributed by atoms with van der Waals surface area (Å²) in [4.78, 5) is 1.39. The second-order valence-corrected chi connectivity index (χ2v) is 3.34. The normalized spacial score (nSPS) is 20.0. The lowest BCUT2D eigenvalue weighted by Gasteiger charge is -2.06. The fourth-order valence-electron chi connectivity index (χ4n) is 1.16. The van der Waals surface area contributed by atoms with Crippen LogP contribution in [0.4, 0.5) is 0 Å². The summed E-state index contributed by atoms with van der Waals surface area (Å²) >= 11 is 1.80. The van der Waals surface area contributed by atoms with Crippen LogP contribution in [0.3, 0.4) is 0 Å². The molecule has 2 rings (SSSR count). The fourth-order valence-corrected chi connectivity index (χ4v) is 1.94. The molecule has 1 saturated heterocycles. The van der Waals surface area contributed by atoms with Crippen LogP contribution in [0.2, 0.25) is 0 Å². The van der Waals surface area contributed by atoms with Gasteiger partial charge >= 0.3 is 0 Å². The zero-order valence-corrected chi connectivity index (χ0v) is 6.45. The minimum atomic E-state index is 0.417. The Balaban J connectivity index is 2.12. The summed E-state index contributed by atoms with van der Waals surface area (Å²) < 4.78 is 0. The lowest BCUT2D eigenvalue weighted by Crippen LogP contribution is -2.19. The topological polar surface area (TPSA) is 24.1 Å². The van der Waals surface area contributed by atoms with E-state index in [0.29, 0.717) is 6.17 Å². The Bertz CT molecular complexity index is 189. The average molecular weight is 154 g/mol. The van der Waals surface area contributed by atoms with Crippen LogP contribution in [0, 0.1) is 0 Å². The van der Waals surface area contributed by atoms with Crippen LogP contribution in [-0.2, 0) is 0 Å². The Morgan fingerprint density at radius 3 is 2.80 bits per heavy atom. The maximum absolute atomic E-state index is 3.36. The smallest absolute Gasteiger partial charge is 0.0930 e. The molecular weight excluding hydrogens is 144 g/mol. The molecule has 0 amide bonds. The van der Waals surface area contributed by atoms with Crippen molar-refractivity contribution in [2.75, 3.05) is 13.1 Å². The van der Waals surface area contributed by atoms with Gasteiger partial charge in [0.05, 0.1) is 6.17 Å². The summed E-state index contributed by atoms with van der Waals surface area (Å²) in [6.45, 7) is 2.17. The summed E-state index contributed by atoms with van der Waals surface area (Å²) in [6.07, 6.45) is 0.417. The number of hydrogen-bond acceptors (Lipinski definition) is 3. The van der Waals surface area contributed by atoms with Gasteiger partial charge in [0.1, 0.15) is 0 Å². The van der Waals surface area contributed by atoms with Gasteiger partial charge in [-0.15, -0.1) is 11.3 Å². The van der Waals surface area contributed by atoms with E-state index in [1.54, 1.807) is 11.3 Å². The molecule has 1 aromatic rings. The molecule has 0 unspecified atom stereocenters. The molecule has 1 aliphatic heterocycles. The Kier molecular flexibility index (Phi) is 1.71. The molecule has 0 aliphatic carbocycles. The molecule has 0 atom stereocenters. The minimum absolute atomic E-state index is 0.417. The van der Waals surface area contributed by atoms with Crippen LogP contribution in [0.25, 0.3) is 0 Å². The first kappa shape index (κ1) is 6.34. The molecule has 0 bridgehead atoms. The Morgan fingerprint density at radius 2 is 2.20 bits per heavy atom. The van der Waals surface area contributed by atoms with Crippen LogP contribution >= 0.6 is 11.3 Å². The molecule has 54 valence electrons. The minimum Gasteiger partial charge on any atom is -0.296 e. The second-order valence-electron chi connectivity index (χ2n) is 2.36. The SMILES string of the molecule is c1csc(C2NCCN2)c1. The average Bonchev–Trinajstić information content (AvgIpc) is 2.59. The fraction of sp³-hybridized carbons (Fsp3) is 0.429. The largest absolute Gasteiger partial charge is 0.296 e. The van der Waals surface area contributed by atoms with Gasteiger partial charge in [-0.2, -0.15) is 0 Å². The molecule has 0 spiro atoms. The van der Waals surface area contributed by atoms with Crippen LogP contribution in [0.1, 0.15) is 11.0 Å². The van der Waals surface area contributed by atoms with E-state index in [0.717, 1.165) is 13.1 Å². The van der Waals surface area contributed by atoms with Gasteiger partial charge < -0.3 is 0 Å². The number of nitrogens with one attached hydrogen (secondary N) is 2. The molecule has 3 heteroatoms. The summed E-state index contributed by atoms with van der Waals surface area (Å²) in [5, 5.41) is 8.82. The molecule has 1 aromatic heterocycles. The van der Waals surface area contributed by atoms with Gasteiger partial charge in [0.15, 0.2) is 0 Å². The molecule has 2 N–H and O–H groups in total. The van der Waals surface area contributed by atoms with Gasteiger partial charge in [-0.05, 0) is 11.4 Å². The zero-order chi connectivity index (χ0) is 6.81. The standard InChI is InChI=1S/C7H10N2S/c1-2-6(10-5-1)7-8-3-4-9-7/h1-2,5,7-9H,3-4H2. The Labute approximate surface area is 64.3 Å². The maximum atomic E-state index is 3.36. The second kappa shape index (κ2) is 2.70. The monoisotopic (exact) mass is 154 g/mol. The van der Waals surface area contributed by atoms with Crippen LogP contribution in [0.5, 0.6) is 0 Å². The quantitative estimate of drug-likeness (QED) is 0.629. The van der Waals surface area contributed by atoms with E-state index in [2.05, 4.69) is 28.1 Å². The van der Waals surface area contributed by atoms with E-state index in [1.165, 1.54) is 4.88 Å². The van der Waals surface area contributed by atoms with Crippen molar-refractivity contribution in [3.8, 4) is 0 Å². The van der Waals surface area contributed by atoms with Crippen molar-refractivity contribution >= 4 is 11.3 Å². The highest BCUT2D eigenvalue weighted by atomic mass is 32.1. The van der Waals surface area contributed by atoms with Gasteiger partial charge in [0.2, 0.25) is 0 Å². The summed E-state index contributed by atoms with van der Waals surface area (Å²) in [5.74, 6) is 0. The van der Waals surface area contributed by atoms with E-state index in [-0.39, 0.29) is 0 Å². The Morgan fingerprint density at radius 1 is 1.40 bits per heavy atom. The third-order valence-electron chi connectivity index (χ3n) is 1.65. The predicted molar refractivity (Wildman–Crippen MR) is 43.1 cm³/mol. The first-order valence-corrected chi connectivity index (χ1v) is 4.35. The molecule has 10 heavy (non-hydrogen) atoms. The van der Waals surface area contributed by atoms with E-state index >= 15 is 0 Å². The third kappa shape index (κ3) is 1.08. The Hall–Kier alpha value is -0.380. The first-order valence-electron chi connectivity index (χ1n) is 3.47. The molecule has 0 saturated carbocycles. The van der Waals surface area contributed by atoms with E-state index in [9.17, 15) is 0 Å². The highest BCUT2D eigenvalue weighted by Crippen LogP contribution is 2.17. The van der Waals surface area contributed by atoms with Crippen LogP contribution < -0.4 is 10.6 Å². The van der Waals surface area contributed by atoms with Gasteiger partial charge in [0.25, 0.3) is 0 Å². The maximum Gasteiger partial charge on any atom is 0.0930 e. The summed E-state index contributed by atoms with van der Waals surface area (Å²) in [6, 6.07) is 4.24. The van der Waals surface area contributed by atoms with Gasteiger partial charge in [0, 0.05) is 18.0 Å². The number of hydrogen-bond donors (Lipinski definition) is 2. The predicted octanol–water partition coefficient (Wildman–Crippen LogP) is 0.939. The van der Waals surface area contributed by atoms with Crippen molar-refractivity contribution < 1.29 is 0 Å². The van der Waals surface area contributed by atoms with Crippen molar-refractivity contribution in [1.29, 1.82) is 0 Å². The van der Waals surface area contributed by atoms with Crippen molar-refractivity contribution in [3.63, 3.8) is 0 Å². The molecule has 0 aromatic carbocycles. The van der Waals surface area contributed by atoms with Crippen LogP contribution in [-0.4, -0.2) is 13.1 Å². The lowest BCUT2D eigenvalue weighted by molar-refractivity contribution is 0.599. The molecule has 2 nitrogen and oxygen atoms in total. The van der Waals surface area contributed by atoms with Crippen molar-refractivity contribution in [2.45, 2.75) is 6.17 Å². The zero-order valence-electron chi connectivity index (χ0n) is 5.63. The highest BCUT2D eigenvalue weighted by molar-refractivity contribution is 7.10. The number of thiophene rings is 1. The first-order chi connectivity index (χ1) is 4.97. The van der Waals surface area contributed by atoms with Crippen molar-refractivity contribution in [1.82, 2.24) is 10.6 Å². The number of rotatable bonds is 1. The van der Waals surface area contributed by atoms with Crippen molar-refractivity contribution in [2.24, 2.45) is 0 Å². The van der Waals surface area contributed by atoms with Gasteiger partial charge in [-0.1, -0.05) is 6.07 Å². The van der Waals surface area contributed by atoms with E-state index in [1.807, 2.05) is 0 Å². The lowest BCUT2D eigenvalue weighted by atomic mass is 10.4. The molecular formula is C7H10N2S. The highest BCUT2D eigenvalue weighted by Gasteiger charge is 2.14. The molecule has 2 heterocycles. The van der Waals surface area contributed by atoms with E-state index < -0.39 is 0 Å².